The molecule has 3 aromatic carbocycles. The Hall–Kier alpha value is -3.66. The lowest BCUT2D eigenvalue weighted by Gasteiger charge is -2.18. The fourth-order valence-electron chi connectivity index (χ4n) is 3.24. The number of rotatable bonds is 5. The Morgan fingerprint density at radius 1 is 0.935 bits per heavy atom. The van der Waals surface area contributed by atoms with Gasteiger partial charge in [-0.2, -0.15) is 0 Å². The summed E-state index contributed by atoms with van der Waals surface area (Å²) in [6.45, 7) is 6.96. The van der Waals surface area contributed by atoms with E-state index in [1.165, 1.54) is 5.56 Å². The molecule has 0 fully saturated rings. The number of carbonyl (C=O) groups is 1. The second-order valence-corrected chi connectivity index (χ2v) is 8.51. The highest BCUT2D eigenvalue weighted by Gasteiger charge is 2.24. The van der Waals surface area contributed by atoms with Crippen LogP contribution in [0.25, 0.3) is 6.08 Å². The third kappa shape index (κ3) is 5.10. The molecule has 0 spiro atoms. The standard InChI is InChI=1S/C27H25NO3/c1-27(2,3)22-14-12-21(13-15-22)25-28-24(26(29)31-25)17-20-10-7-11-23(16-20)30-18-19-8-5-4-6-9-19/h4-17H,18H2,1-3H3/b24-17+. The van der Waals surface area contributed by atoms with Gasteiger partial charge in [-0.1, -0.05) is 75.4 Å². The molecule has 156 valence electrons. The fourth-order valence-corrected chi connectivity index (χ4v) is 3.24. The second kappa shape index (κ2) is 8.60. The van der Waals surface area contributed by atoms with Gasteiger partial charge < -0.3 is 9.47 Å². The van der Waals surface area contributed by atoms with Crippen LogP contribution in [0.5, 0.6) is 5.75 Å². The zero-order valence-electron chi connectivity index (χ0n) is 18.0. The molecule has 1 heterocycles. The molecule has 0 radical (unpaired) electrons. The molecule has 4 nitrogen and oxygen atoms in total. The molecule has 0 atom stereocenters. The highest BCUT2D eigenvalue weighted by atomic mass is 16.6. The Bertz CT molecular complexity index is 1140. The van der Waals surface area contributed by atoms with Crippen molar-refractivity contribution in [2.75, 3.05) is 0 Å². The molecule has 0 saturated heterocycles. The molecule has 0 bridgehead atoms. The van der Waals surface area contributed by atoms with E-state index >= 15 is 0 Å². The van der Waals surface area contributed by atoms with E-state index < -0.39 is 5.97 Å². The molecule has 31 heavy (non-hydrogen) atoms. The first-order valence-corrected chi connectivity index (χ1v) is 10.3. The van der Waals surface area contributed by atoms with E-state index in [-0.39, 0.29) is 11.1 Å². The Morgan fingerprint density at radius 2 is 1.68 bits per heavy atom. The maximum atomic E-state index is 12.3. The van der Waals surface area contributed by atoms with E-state index in [1.807, 2.05) is 78.9 Å². The van der Waals surface area contributed by atoms with Gasteiger partial charge in [-0.05, 0) is 52.4 Å². The Kier molecular flexibility index (Phi) is 5.72. The summed E-state index contributed by atoms with van der Waals surface area (Å²) in [6, 6.07) is 25.5. The maximum Gasteiger partial charge on any atom is 0.363 e. The maximum absolute atomic E-state index is 12.3. The third-order valence-electron chi connectivity index (χ3n) is 5.03. The molecule has 4 rings (SSSR count). The summed E-state index contributed by atoms with van der Waals surface area (Å²) in [4.78, 5) is 16.8. The molecule has 4 heteroatoms. The SMILES string of the molecule is CC(C)(C)c1ccc(C2=N/C(=C/c3cccc(OCc4ccccc4)c3)C(=O)O2)cc1. The van der Waals surface area contributed by atoms with Crippen LogP contribution in [0.2, 0.25) is 0 Å². The van der Waals surface area contributed by atoms with Crippen LogP contribution < -0.4 is 4.74 Å². The zero-order valence-corrected chi connectivity index (χ0v) is 18.0. The van der Waals surface area contributed by atoms with Gasteiger partial charge in [0.2, 0.25) is 5.90 Å². The number of aliphatic imine (C=N–C) groups is 1. The largest absolute Gasteiger partial charge is 0.489 e. The average molecular weight is 412 g/mol. The zero-order chi connectivity index (χ0) is 21.8. The van der Waals surface area contributed by atoms with Gasteiger partial charge in [0.05, 0.1) is 0 Å². The Morgan fingerprint density at radius 3 is 2.39 bits per heavy atom. The summed E-state index contributed by atoms with van der Waals surface area (Å²) in [5.41, 5.74) is 4.25. The quantitative estimate of drug-likeness (QED) is 0.387. The van der Waals surface area contributed by atoms with Gasteiger partial charge in [0.15, 0.2) is 5.70 Å². The van der Waals surface area contributed by atoms with Crippen molar-refractivity contribution in [3.63, 3.8) is 0 Å². The van der Waals surface area contributed by atoms with Crippen LogP contribution in [0.3, 0.4) is 0 Å². The van der Waals surface area contributed by atoms with E-state index in [9.17, 15) is 4.79 Å². The van der Waals surface area contributed by atoms with Gasteiger partial charge in [0.1, 0.15) is 12.4 Å². The van der Waals surface area contributed by atoms with Gasteiger partial charge in [0, 0.05) is 5.56 Å². The van der Waals surface area contributed by atoms with E-state index in [1.54, 1.807) is 6.08 Å². The van der Waals surface area contributed by atoms with Crippen LogP contribution >= 0.6 is 0 Å². The van der Waals surface area contributed by atoms with Crippen molar-refractivity contribution in [3.05, 3.63) is 107 Å². The first-order chi connectivity index (χ1) is 14.9. The smallest absolute Gasteiger partial charge is 0.363 e. The summed E-state index contributed by atoms with van der Waals surface area (Å²) in [7, 11) is 0. The lowest BCUT2D eigenvalue weighted by Crippen LogP contribution is -2.11. The van der Waals surface area contributed by atoms with Crippen molar-refractivity contribution in [1.82, 2.24) is 0 Å². The highest BCUT2D eigenvalue weighted by molar-refractivity contribution is 6.12. The van der Waals surface area contributed by atoms with Crippen molar-refractivity contribution in [2.24, 2.45) is 4.99 Å². The van der Waals surface area contributed by atoms with E-state index in [2.05, 4.69) is 25.8 Å². The van der Waals surface area contributed by atoms with Gasteiger partial charge in [-0.25, -0.2) is 9.79 Å². The average Bonchev–Trinajstić information content (AvgIpc) is 3.13. The Labute approximate surface area is 182 Å². The summed E-state index contributed by atoms with van der Waals surface area (Å²) in [5.74, 6) is 0.602. The Balaban J connectivity index is 1.50. The van der Waals surface area contributed by atoms with Crippen LogP contribution in [-0.4, -0.2) is 11.9 Å². The van der Waals surface area contributed by atoms with Crippen LogP contribution in [0.15, 0.2) is 89.6 Å². The number of ether oxygens (including phenoxy) is 2. The van der Waals surface area contributed by atoms with Crippen LogP contribution in [0.1, 0.15) is 43.0 Å². The molecule has 0 N–H and O–H groups in total. The van der Waals surface area contributed by atoms with E-state index in [0.29, 0.717) is 12.5 Å². The first-order valence-electron chi connectivity index (χ1n) is 10.3. The van der Waals surface area contributed by atoms with Gasteiger partial charge in [0.25, 0.3) is 0 Å². The van der Waals surface area contributed by atoms with Gasteiger partial charge in [-0.15, -0.1) is 0 Å². The molecule has 1 aliphatic rings. The number of carbonyl (C=O) groups excluding carboxylic acids is 1. The molecule has 0 saturated carbocycles. The third-order valence-corrected chi connectivity index (χ3v) is 5.03. The van der Waals surface area contributed by atoms with Gasteiger partial charge in [-0.3, -0.25) is 0 Å². The van der Waals surface area contributed by atoms with E-state index in [0.717, 1.165) is 22.4 Å². The minimum Gasteiger partial charge on any atom is -0.489 e. The number of cyclic esters (lactones) is 1. The minimum absolute atomic E-state index is 0.0609. The predicted molar refractivity (Wildman–Crippen MR) is 123 cm³/mol. The second-order valence-electron chi connectivity index (χ2n) is 8.51. The van der Waals surface area contributed by atoms with Gasteiger partial charge >= 0.3 is 5.97 Å². The number of esters is 1. The summed E-state index contributed by atoms with van der Waals surface area (Å²) in [6.07, 6.45) is 1.72. The van der Waals surface area contributed by atoms with Crippen molar-refractivity contribution >= 4 is 17.9 Å². The fraction of sp³-hybridized carbons (Fsp3) is 0.185. The number of hydrogen-bond donors (Lipinski definition) is 0. The number of nitrogens with zero attached hydrogens (tertiary/aromatic N) is 1. The van der Waals surface area contributed by atoms with E-state index in [4.69, 9.17) is 9.47 Å². The lowest BCUT2D eigenvalue weighted by atomic mass is 9.87. The topological polar surface area (TPSA) is 47.9 Å². The van der Waals surface area contributed by atoms with Crippen LogP contribution in [-0.2, 0) is 21.6 Å². The molecule has 0 aromatic heterocycles. The van der Waals surface area contributed by atoms with Crippen molar-refractivity contribution in [2.45, 2.75) is 32.8 Å². The van der Waals surface area contributed by atoms with Crippen LogP contribution in [0, 0.1) is 0 Å². The number of hydrogen-bond acceptors (Lipinski definition) is 4. The molecule has 0 aliphatic carbocycles. The molecular formula is C27H25NO3. The number of benzene rings is 3. The van der Waals surface area contributed by atoms with Crippen molar-refractivity contribution in [3.8, 4) is 5.75 Å². The molecule has 1 aliphatic heterocycles. The van der Waals surface area contributed by atoms with Crippen LogP contribution in [0.4, 0.5) is 0 Å². The normalized spacial score (nSPS) is 15.0. The van der Waals surface area contributed by atoms with Crippen molar-refractivity contribution < 1.29 is 14.3 Å². The molecule has 0 unspecified atom stereocenters. The molecule has 3 aromatic rings. The van der Waals surface area contributed by atoms with Crippen molar-refractivity contribution in [1.29, 1.82) is 0 Å². The predicted octanol–water partition coefficient (Wildman–Crippen LogP) is 5.91. The first kappa shape index (κ1) is 20.6. The summed E-state index contributed by atoms with van der Waals surface area (Å²) < 4.78 is 11.3. The summed E-state index contributed by atoms with van der Waals surface area (Å²) in [5, 5.41) is 0. The molecular weight excluding hydrogens is 386 g/mol. The highest BCUT2D eigenvalue weighted by Crippen LogP contribution is 2.25. The molecule has 0 amide bonds. The summed E-state index contributed by atoms with van der Waals surface area (Å²) >= 11 is 0. The monoisotopic (exact) mass is 411 g/mol. The lowest BCUT2D eigenvalue weighted by molar-refractivity contribution is -0.129. The minimum atomic E-state index is -0.453.